The molecule has 2 aromatic rings. The Balaban J connectivity index is 1.68. The smallest absolute Gasteiger partial charge is 0.277 e. The van der Waals surface area contributed by atoms with E-state index in [-0.39, 0.29) is 11.9 Å². The van der Waals surface area contributed by atoms with Gasteiger partial charge in [-0.25, -0.2) is 0 Å². The predicted octanol–water partition coefficient (Wildman–Crippen LogP) is 3.39. The van der Waals surface area contributed by atoms with Gasteiger partial charge in [-0.1, -0.05) is 30.0 Å². The van der Waals surface area contributed by atoms with Crippen molar-refractivity contribution in [3.63, 3.8) is 0 Å². The molecule has 0 spiro atoms. The van der Waals surface area contributed by atoms with Crippen LogP contribution in [0.1, 0.15) is 24.8 Å². The van der Waals surface area contributed by atoms with Gasteiger partial charge in [0.05, 0.1) is 11.5 Å². The summed E-state index contributed by atoms with van der Waals surface area (Å²) >= 11 is 2.93. The zero-order chi connectivity index (χ0) is 16.2. The lowest BCUT2D eigenvalue weighted by Crippen LogP contribution is -2.43. The van der Waals surface area contributed by atoms with Gasteiger partial charge in [0.1, 0.15) is 0 Å². The first-order valence-electron chi connectivity index (χ1n) is 7.53. The summed E-state index contributed by atoms with van der Waals surface area (Å²) in [7, 11) is 0. The van der Waals surface area contributed by atoms with E-state index < -0.39 is 0 Å². The molecule has 5 nitrogen and oxygen atoms in total. The molecule has 3 rings (SSSR count). The maximum atomic E-state index is 12.7. The molecule has 2 heterocycles. The highest BCUT2D eigenvalue weighted by molar-refractivity contribution is 7.99. The van der Waals surface area contributed by atoms with Crippen LogP contribution in [0, 0.1) is 0 Å². The van der Waals surface area contributed by atoms with Crippen molar-refractivity contribution in [2.75, 3.05) is 16.9 Å². The van der Waals surface area contributed by atoms with Crippen LogP contribution in [0.4, 0.5) is 5.69 Å². The lowest BCUT2D eigenvalue weighted by Gasteiger charge is -2.35. The quantitative estimate of drug-likeness (QED) is 0.771. The third-order valence-electron chi connectivity index (χ3n) is 3.83. The molecule has 1 atom stereocenters. The molecular formula is C16H19N3O2S2. The van der Waals surface area contributed by atoms with E-state index in [2.05, 4.69) is 23.2 Å². The molecule has 0 saturated heterocycles. The topological polar surface area (TPSA) is 59.2 Å². The molecule has 122 valence electrons. The maximum absolute atomic E-state index is 12.7. The van der Waals surface area contributed by atoms with Crippen molar-refractivity contribution >= 4 is 35.1 Å². The van der Waals surface area contributed by atoms with E-state index in [4.69, 9.17) is 4.42 Å². The fraction of sp³-hybridized carbons (Fsp3) is 0.438. The van der Waals surface area contributed by atoms with E-state index >= 15 is 0 Å². The van der Waals surface area contributed by atoms with Crippen molar-refractivity contribution in [3.05, 3.63) is 35.7 Å². The Hall–Kier alpha value is -1.47. The first-order valence-corrected chi connectivity index (χ1v) is 9.91. The number of rotatable bonds is 5. The van der Waals surface area contributed by atoms with Crippen LogP contribution < -0.4 is 4.90 Å². The molecule has 0 N–H and O–H groups in total. The number of thioether (sulfide) groups is 2. The standard InChI is InChI=1S/C16H19N3O2S2/c1-11-7-8-12-5-3-4-6-13(12)19(11)15(20)10-23-16-18-17-14(21-16)9-22-2/h3-6,11H,7-10H2,1-2H3/t11-/m1/s1. The third kappa shape index (κ3) is 3.72. The van der Waals surface area contributed by atoms with Gasteiger partial charge in [0.2, 0.25) is 11.8 Å². The molecule has 0 saturated carbocycles. The minimum atomic E-state index is 0.0827. The van der Waals surface area contributed by atoms with Crippen molar-refractivity contribution in [1.82, 2.24) is 10.2 Å². The fourth-order valence-electron chi connectivity index (χ4n) is 2.74. The van der Waals surface area contributed by atoms with Crippen molar-refractivity contribution in [1.29, 1.82) is 0 Å². The van der Waals surface area contributed by atoms with Gasteiger partial charge in [0.15, 0.2) is 0 Å². The number of carbonyl (C=O) groups excluding carboxylic acids is 1. The molecule has 1 aliphatic heterocycles. The summed E-state index contributed by atoms with van der Waals surface area (Å²) in [6, 6.07) is 8.35. The van der Waals surface area contributed by atoms with Gasteiger partial charge in [-0.05, 0) is 37.7 Å². The van der Waals surface area contributed by atoms with Crippen LogP contribution in [0.5, 0.6) is 0 Å². The third-order valence-corrected chi connectivity index (χ3v) is 5.17. The molecule has 1 aromatic carbocycles. The summed E-state index contributed by atoms with van der Waals surface area (Å²) in [5.74, 6) is 1.68. The SMILES string of the molecule is CSCc1nnc(SCC(=O)N2c3ccccc3CC[C@H]2C)o1. The monoisotopic (exact) mass is 349 g/mol. The van der Waals surface area contributed by atoms with Gasteiger partial charge in [-0.15, -0.1) is 10.2 Å². The van der Waals surface area contributed by atoms with Crippen molar-refractivity contribution in [2.24, 2.45) is 0 Å². The van der Waals surface area contributed by atoms with E-state index in [1.165, 1.54) is 17.3 Å². The molecule has 0 bridgehead atoms. The van der Waals surface area contributed by atoms with E-state index in [0.717, 1.165) is 18.5 Å². The Morgan fingerprint density at radius 2 is 2.22 bits per heavy atom. The highest BCUT2D eigenvalue weighted by Crippen LogP contribution is 2.31. The summed E-state index contributed by atoms with van der Waals surface area (Å²) in [6.45, 7) is 2.10. The number of para-hydroxylation sites is 1. The lowest BCUT2D eigenvalue weighted by molar-refractivity contribution is -0.116. The van der Waals surface area contributed by atoms with E-state index in [1.54, 1.807) is 11.8 Å². The molecule has 1 amide bonds. The second-order valence-corrected chi connectivity index (χ2v) is 7.26. The average Bonchev–Trinajstić information content (AvgIpc) is 3.00. The Morgan fingerprint density at radius 1 is 1.39 bits per heavy atom. The van der Waals surface area contributed by atoms with Gasteiger partial charge >= 0.3 is 0 Å². The minimum absolute atomic E-state index is 0.0827. The molecule has 0 radical (unpaired) electrons. The van der Waals surface area contributed by atoms with Gasteiger partial charge in [-0.2, -0.15) is 11.8 Å². The van der Waals surface area contributed by atoms with Crippen LogP contribution in [0.15, 0.2) is 33.9 Å². The Labute approximate surface area is 144 Å². The van der Waals surface area contributed by atoms with Crippen molar-refractivity contribution in [2.45, 2.75) is 36.8 Å². The fourth-order valence-corrected chi connectivity index (χ4v) is 3.74. The molecule has 1 aliphatic rings. The largest absolute Gasteiger partial charge is 0.415 e. The number of aromatic nitrogens is 2. The van der Waals surface area contributed by atoms with E-state index in [0.29, 0.717) is 22.6 Å². The zero-order valence-electron chi connectivity index (χ0n) is 13.2. The summed E-state index contributed by atoms with van der Waals surface area (Å²) in [4.78, 5) is 14.6. The van der Waals surface area contributed by atoms with Crippen LogP contribution >= 0.6 is 23.5 Å². The highest BCUT2D eigenvalue weighted by Gasteiger charge is 2.28. The van der Waals surface area contributed by atoms with E-state index in [9.17, 15) is 4.79 Å². The molecule has 1 aromatic heterocycles. The van der Waals surface area contributed by atoms with Crippen LogP contribution in [-0.4, -0.2) is 34.2 Å². The number of carbonyl (C=O) groups is 1. The van der Waals surface area contributed by atoms with Gasteiger partial charge in [-0.3, -0.25) is 4.79 Å². The summed E-state index contributed by atoms with van der Waals surface area (Å²) in [6.07, 6.45) is 4.00. The van der Waals surface area contributed by atoms with Crippen LogP contribution in [0.2, 0.25) is 0 Å². The van der Waals surface area contributed by atoms with E-state index in [1.807, 2.05) is 29.4 Å². The van der Waals surface area contributed by atoms with Gasteiger partial charge in [0.25, 0.3) is 5.22 Å². The van der Waals surface area contributed by atoms with Crippen LogP contribution in [0.3, 0.4) is 0 Å². The number of benzene rings is 1. The van der Waals surface area contributed by atoms with Crippen LogP contribution in [-0.2, 0) is 17.0 Å². The summed E-state index contributed by atoms with van der Waals surface area (Å²) in [5, 5.41) is 8.40. The number of hydrogen-bond donors (Lipinski definition) is 0. The van der Waals surface area contributed by atoms with Gasteiger partial charge < -0.3 is 9.32 Å². The number of anilines is 1. The van der Waals surface area contributed by atoms with Crippen molar-refractivity contribution < 1.29 is 9.21 Å². The van der Waals surface area contributed by atoms with Gasteiger partial charge in [0, 0.05) is 11.7 Å². The molecule has 0 aliphatic carbocycles. The Bertz CT molecular complexity index is 689. The molecule has 0 unspecified atom stereocenters. The average molecular weight is 349 g/mol. The number of nitrogens with zero attached hydrogens (tertiary/aromatic N) is 3. The first-order chi connectivity index (χ1) is 11.2. The lowest BCUT2D eigenvalue weighted by atomic mass is 9.97. The Morgan fingerprint density at radius 3 is 3.04 bits per heavy atom. The highest BCUT2D eigenvalue weighted by atomic mass is 32.2. The van der Waals surface area contributed by atoms with Crippen LogP contribution in [0.25, 0.3) is 0 Å². The minimum Gasteiger partial charge on any atom is -0.415 e. The first kappa shape index (κ1) is 16.4. The second kappa shape index (κ2) is 7.40. The molecule has 7 heteroatoms. The number of hydrogen-bond acceptors (Lipinski definition) is 6. The Kier molecular flexibility index (Phi) is 5.27. The summed E-state index contributed by atoms with van der Waals surface area (Å²) < 4.78 is 5.51. The van der Waals surface area contributed by atoms with Crippen molar-refractivity contribution in [3.8, 4) is 0 Å². The summed E-state index contributed by atoms with van der Waals surface area (Å²) in [5.41, 5.74) is 2.27. The predicted molar refractivity (Wildman–Crippen MR) is 94.0 cm³/mol. The number of aryl methyl sites for hydroxylation is 1. The number of amides is 1. The molecule has 23 heavy (non-hydrogen) atoms. The zero-order valence-corrected chi connectivity index (χ0v) is 14.8. The second-order valence-electron chi connectivity index (χ2n) is 5.46. The molecule has 0 fully saturated rings. The number of fused-ring (bicyclic) bond motifs is 1. The maximum Gasteiger partial charge on any atom is 0.277 e. The molecular weight excluding hydrogens is 330 g/mol. The normalized spacial score (nSPS) is 17.1.